The summed E-state index contributed by atoms with van der Waals surface area (Å²) in [7, 11) is 1.56. The average molecular weight is 253 g/mol. The van der Waals surface area contributed by atoms with Crippen LogP contribution in [0.3, 0.4) is 0 Å². The van der Waals surface area contributed by atoms with Crippen LogP contribution in [0.5, 0.6) is 5.75 Å². The Hall–Kier alpha value is -1.35. The smallest absolute Gasteiger partial charge is 0.140 e. The molecule has 0 N–H and O–H groups in total. The Bertz CT molecular complexity index is 452. The second-order valence-corrected chi connectivity index (χ2v) is 4.68. The number of hydrogen-bond donors (Lipinski definition) is 0. The lowest BCUT2D eigenvalue weighted by molar-refractivity contribution is -0.130. The van der Waals surface area contributed by atoms with Gasteiger partial charge in [-0.3, -0.25) is 9.59 Å². The van der Waals surface area contributed by atoms with E-state index >= 15 is 0 Å². The summed E-state index contributed by atoms with van der Waals surface area (Å²) >= 11 is 5.88. The first-order valence-corrected chi connectivity index (χ1v) is 5.84. The van der Waals surface area contributed by atoms with Crippen molar-refractivity contribution >= 4 is 23.2 Å². The summed E-state index contributed by atoms with van der Waals surface area (Å²) < 4.78 is 5.24. The van der Waals surface area contributed by atoms with E-state index in [4.69, 9.17) is 16.3 Å². The Morgan fingerprint density at radius 3 is 2.47 bits per heavy atom. The van der Waals surface area contributed by atoms with E-state index in [0.29, 0.717) is 23.6 Å². The quantitative estimate of drug-likeness (QED) is 0.760. The number of benzene rings is 1. The highest BCUT2D eigenvalue weighted by atomic mass is 35.5. The molecule has 0 bridgehead atoms. The van der Waals surface area contributed by atoms with E-state index in [1.165, 1.54) is 0 Å². The van der Waals surface area contributed by atoms with E-state index in [9.17, 15) is 9.59 Å². The van der Waals surface area contributed by atoms with Gasteiger partial charge in [0.1, 0.15) is 17.3 Å². The van der Waals surface area contributed by atoms with Crippen molar-refractivity contribution in [3.63, 3.8) is 0 Å². The maximum Gasteiger partial charge on any atom is 0.140 e. The lowest BCUT2D eigenvalue weighted by Crippen LogP contribution is -2.21. The summed E-state index contributed by atoms with van der Waals surface area (Å²) in [6, 6.07) is 5.29. The van der Waals surface area contributed by atoms with Gasteiger partial charge in [-0.15, -0.1) is 0 Å². The molecule has 4 heteroatoms. The number of methoxy groups -OCH3 is 1. The minimum atomic E-state index is -0.0732. The third kappa shape index (κ3) is 2.67. The number of ketones is 2. The molecule has 0 aromatic heterocycles. The van der Waals surface area contributed by atoms with Crippen molar-refractivity contribution in [2.75, 3.05) is 7.11 Å². The molecule has 1 aliphatic rings. The molecule has 1 aliphatic carbocycles. The summed E-state index contributed by atoms with van der Waals surface area (Å²) in [4.78, 5) is 22.9. The monoisotopic (exact) mass is 252 g/mol. The van der Waals surface area contributed by atoms with Crippen molar-refractivity contribution in [3.8, 4) is 5.75 Å². The zero-order chi connectivity index (χ0) is 12.4. The molecule has 0 unspecified atom stereocenters. The number of hydrogen-bond acceptors (Lipinski definition) is 3. The predicted molar refractivity (Wildman–Crippen MR) is 64.6 cm³/mol. The van der Waals surface area contributed by atoms with E-state index < -0.39 is 0 Å². The number of Topliss-reactive ketones (excluding diaryl/α,β-unsaturated/α-hetero) is 2. The SMILES string of the molecule is COc1cc(Cl)ccc1C1CC(=O)CC(=O)C1. The Morgan fingerprint density at radius 1 is 1.24 bits per heavy atom. The van der Waals surface area contributed by atoms with Crippen LogP contribution in [0.2, 0.25) is 5.02 Å². The molecule has 0 heterocycles. The van der Waals surface area contributed by atoms with Gasteiger partial charge in [0.05, 0.1) is 13.5 Å². The second-order valence-electron chi connectivity index (χ2n) is 4.25. The molecule has 0 aliphatic heterocycles. The highest BCUT2D eigenvalue weighted by Gasteiger charge is 2.28. The molecule has 0 spiro atoms. The van der Waals surface area contributed by atoms with Crippen molar-refractivity contribution in [2.45, 2.75) is 25.2 Å². The van der Waals surface area contributed by atoms with Crippen LogP contribution in [0.15, 0.2) is 18.2 Å². The summed E-state index contributed by atoms with van der Waals surface area (Å²) in [6.07, 6.45) is 0.889. The fraction of sp³-hybridized carbons (Fsp3) is 0.385. The van der Waals surface area contributed by atoms with Crippen LogP contribution in [0, 0.1) is 0 Å². The maximum absolute atomic E-state index is 11.4. The van der Waals surface area contributed by atoms with Gasteiger partial charge in [-0.25, -0.2) is 0 Å². The van der Waals surface area contributed by atoms with Gasteiger partial charge in [-0.2, -0.15) is 0 Å². The van der Waals surface area contributed by atoms with E-state index in [1.54, 1.807) is 19.2 Å². The molecule has 1 fully saturated rings. The molecule has 0 saturated heterocycles. The first-order chi connectivity index (χ1) is 8.10. The largest absolute Gasteiger partial charge is 0.496 e. The zero-order valence-corrected chi connectivity index (χ0v) is 10.3. The minimum absolute atomic E-state index is 0.00301. The van der Waals surface area contributed by atoms with Crippen LogP contribution in [0.4, 0.5) is 0 Å². The van der Waals surface area contributed by atoms with Crippen LogP contribution >= 0.6 is 11.6 Å². The molecular weight excluding hydrogens is 240 g/mol. The van der Waals surface area contributed by atoms with Gasteiger partial charge in [-0.05, 0) is 17.7 Å². The molecule has 1 aromatic rings. The number of carbonyl (C=O) groups excluding carboxylic acids is 2. The van der Waals surface area contributed by atoms with Crippen LogP contribution in [0.1, 0.15) is 30.7 Å². The second kappa shape index (κ2) is 4.88. The van der Waals surface area contributed by atoms with Crippen LogP contribution in [-0.2, 0) is 9.59 Å². The molecule has 0 radical (unpaired) electrons. The Kier molecular flexibility index (Phi) is 3.48. The molecule has 3 nitrogen and oxygen atoms in total. The van der Waals surface area contributed by atoms with Gasteiger partial charge in [0.25, 0.3) is 0 Å². The highest BCUT2D eigenvalue weighted by Crippen LogP contribution is 2.36. The molecule has 90 valence electrons. The third-order valence-electron chi connectivity index (χ3n) is 2.98. The normalized spacial score (nSPS) is 17.3. The summed E-state index contributed by atoms with van der Waals surface area (Å²) in [5.74, 6) is 0.576. The van der Waals surface area contributed by atoms with E-state index in [1.807, 2.05) is 6.07 Å². The predicted octanol–water partition coefficient (Wildman–Crippen LogP) is 2.75. The minimum Gasteiger partial charge on any atom is -0.496 e. The first-order valence-electron chi connectivity index (χ1n) is 5.47. The van der Waals surface area contributed by atoms with E-state index in [-0.39, 0.29) is 23.9 Å². The van der Waals surface area contributed by atoms with Gasteiger partial charge in [0.15, 0.2) is 0 Å². The van der Waals surface area contributed by atoms with E-state index in [0.717, 1.165) is 5.56 Å². The van der Waals surface area contributed by atoms with E-state index in [2.05, 4.69) is 0 Å². The van der Waals surface area contributed by atoms with Crippen LogP contribution in [-0.4, -0.2) is 18.7 Å². The maximum atomic E-state index is 11.4. The number of ether oxygens (including phenoxy) is 1. The zero-order valence-electron chi connectivity index (χ0n) is 9.53. The van der Waals surface area contributed by atoms with Crippen LogP contribution < -0.4 is 4.74 Å². The van der Waals surface area contributed by atoms with Crippen molar-refractivity contribution in [1.29, 1.82) is 0 Å². The Balaban J connectivity index is 2.32. The van der Waals surface area contributed by atoms with Gasteiger partial charge in [-0.1, -0.05) is 17.7 Å². The lowest BCUT2D eigenvalue weighted by Gasteiger charge is -2.22. The van der Waals surface area contributed by atoms with Gasteiger partial charge < -0.3 is 4.74 Å². The van der Waals surface area contributed by atoms with Crippen molar-refractivity contribution < 1.29 is 14.3 Å². The van der Waals surface area contributed by atoms with Crippen molar-refractivity contribution in [3.05, 3.63) is 28.8 Å². The number of rotatable bonds is 2. The summed E-state index contributed by atoms with van der Waals surface area (Å²) in [6.45, 7) is 0. The molecule has 1 saturated carbocycles. The van der Waals surface area contributed by atoms with Crippen molar-refractivity contribution in [1.82, 2.24) is 0 Å². The van der Waals surface area contributed by atoms with Gasteiger partial charge in [0.2, 0.25) is 0 Å². The fourth-order valence-electron chi connectivity index (χ4n) is 2.23. The Morgan fingerprint density at radius 2 is 1.88 bits per heavy atom. The fourth-order valence-corrected chi connectivity index (χ4v) is 2.39. The number of halogens is 1. The third-order valence-corrected chi connectivity index (χ3v) is 3.21. The molecule has 2 rings (SSSR count). The molecular formula is C13H13ClO3. The average Bonchev–Trinajstić information content (AvgIpc) is 2.27. The van der Waals surface area contributed by atoms with Gasteiger partial charge >= 0.3 is 0 Å². The number of carbonyl (C=O) groups is 2. The summed E-state index contributed by atoms with van der Waals surface area (Å²) in [5, 5.41) is 0.582. The Labute approximate surface area is 105 Å². The van der Waals surface area contributed by atoms with Gasteiger partial charge in [0, 0.05) is 23.8 Å². The molecule has 1 aromatic carbocycles. The standard InChI is InChI=1S/C13H13ClO3/c1-17-13-6-9(14)2-3-12(13)8-4-10(15)7-11(16)5-8/h2-3,6,8H,4-5,7H2,1H3. The first kappa shape index (κ1) is 12.1. The van der Waals surface area contributed by atoms with Crippen molar-refractivity contribution in [2.24, 2.45) is 0 Å². The lowest BCUT2D eigenvalue weighted by atomic mass is 9.82. The van der Waals surface area contributed by atoms with Crippen LogP contribution in [0.25, 0.3) is 0 Å². The molecule has 0 amide bonds. The highest BCUT2D eigenvalue weighted by molar-refractivity contribution is 6.30. The molecule has 17 heavy (non-hydrogen) atoms. The summed E-state index contributed by atoms with van der Waals surface area (Å²) in [5.41, 5.74) is 0.887. The molecule has 0 atom stereocenters. The topological polar surface area (TPSA) is 43.4 Å².